The second kappa shape index (κ2) is 8.80. The van der Waals surface area contributed by atoms with Crippen LogP contribution in [0, 0.1) is 27.7 Å². The number of phenolic OH excluding ortho intramolecular Hbond substituents is 1. The van der Waals surface area contributed by atoms with Crippen molar-refractivity contribution in [3.63, 3.8) is 0 Å². The number of hydrogen-bond donors (Lipinski definition) is 1. The molecule has 0 aliphatic heterocycles. The van der Waals surface area contributed by atoms with Crippen LogP contribution in [0.1, 0.15) is 46.2 Å². The van der Waals surface area contributed by atoms with E-state index < -0.39 is 0 Å². The Balaban J connectivity index is 1.69. The summed E-state index contributed by atoms with van der Waals surface area (Å²) in [4.78, 5) is 0. The number of nitrogens with zero attached hydrogens (tertiary/aromatic N) is 4. The topological polar surface area (TPSA) is 69.7 Å². The first kappa shape index (κ1) is 20.9. The molecule has 0 heterocycles. The molecule has 0 atom stereocenters. The zero-order valence-electron chi connectivity index (χ0n) is 18.6. The average molecular weight is 413 g/mol. The third kappa shape index (κ3) is 4.41. The van der Waals surface area contributed by atoms with Crippen molar-refractivity contribution in [3.8, 4) is 5.75 Å². The van der Waals surface area contributed by atoms with E-state index >= 15 is 0 Å². The number of aryl methyl sites for hydroxylation is 4. The molecule has 31 heavy (non-hydrogen) atoms. The molecule has 3 aromatic carbocycles. The molecule has 0 spiro atoms. The van der Waals surface area contributed by atoms with Crippen molar-refractivity contribution in [2.75, 3.05) is 0 Å². The van der Waals surface area contributed by atoms with Crippen molar-refractivity contribution >= 4 is 22.7 Å². The third-order valence-electron chi connectivity index (χ3n) is 5.97. The second-order valence-corrected chi connectivity index (χ2v) is 8.34. The highest BCUT2D eigenvalue weighted by atomic mass is 16.3. The molecule has 0 saturated heterocycles. The first-order valence-corrected chi connectivity index (χ1v) is 10.8. The zero-order valence-corrected chi connectivity index (χ0v) is 18.6. The molecule has 0 saturated carbocycles. The molecule has 0 amide bonds. The lowest BCUT2D eigenvalue weighted by molar-refractivity contribution is 0.474. The van der Waals surface area contributed by atoms with E-state index in [4.69, 9.17) is 0 Å². The van der Waals surface area contributed by atoms with E-state index in [2.05, 4.69) is 32.6 Å². The monoisotopic (exact) mass is 412 g/mol. The molecule has 5 heteroatoms. The summed E-state index contributed by atoms with van der Waals surface area (Å²) < 4.78 is 0. The van der Waals surface area contributed by atoms with E-state index in [0.29, 0.717) is 5.69 Å². The molecule has 0 unspecified atom stereocenters. The number of azo groups is 2. The lowest BCUT2D eigenvalue weighted by Crippen LogP contribution is -2.02. The summed E-state index contributed by atoms with van der Waals surface area (Å²) >= 11 is 0. The quantitative estimate of drug-likeness (QED) is 0.430. The van der Waals surface area contributed by atoms with E-state index in [0.717, 1.165) is 64.1 Å². The van der Waals surface area contributed by atoms with Gasteiger partial charge in [0.1, 0.15) is 11.4 Å². The van der Waals surface area contributed by atoms with Crippen LogP contribution in [-0.2, 0) is 12.8 Å². The lowest BCUT2D eigenvalue weighted by Gasteiger charge is -2.17. The van der Waals surface area contributed by atoms with E-state index in [9.17, 15) is 5.11 Å². The normalized spacial score (nSPS) is 13.8. The number of benzene rings is 3. The highest BCUT2D eigenvalue weighted by Gasteiger charge is 2.16. The molecule has 1 aliphatic rings. The molecule has 3 aromatic rings. The summed E-state index contributed by atoms with van der Waals surface area (Å²) in [6, 6.07) is 13.8. The minimum atomic E-state index is 0.184. The van der Waals surface area contributed by atoms with Crippen LogP contribution in [0.25, 0.3) is 0 Å². The van der Waals surface area contributed by atoms with Crippen LogP contribution < -0.4 is 0 Å². The lowest BCUT2D eigenvalue weighted by atomic mass is 9.90. The van der Waals surface area contributed by atoms with Gasteiger partial charge in [-0.15, -0.1) is 10.2 Å². The standard InChI is InChI=1S/C26H28N4O/c1-16-9-10-17(2)23(15-16)28-29-25-18(3)11-13-22(19(25)4)27-30-26-21-8-6-5-7-20(21)12-14-24(26)31/h9-15,31H,5-8H2,1-4H3. The maximum atomic E-state index is 10.4. The number of phenols is 1. The molecule has 1 aliphatic carbocycles. The fourth-order valence-electron chi connectivity index (χ4n) is 4.03. The van der Waals surface area contributed by atoms with Gasteiger partial charge < -0.3 is 5.11 Å². The molecule has 5 nitrogen and oxygen atoms in total. The van der Waals surface area contributed by atoms with Gasteiger partial charge in [-0.2, -0.15) is 10.2 Å². The molecule has 0 radical (unpaired) electrons. The predicted molar refractivity (Wildman–Crippen MR) is 125 cm³/mol. The van der Waals surface area contributed by atoms with Crippen LogP contribution in [0.4, 0.5) is 22.7 Å². The van der Waals surface area contributed by atoms with Gasteiger partial charge >= 0.3 is 0 Å². The number of fused-ring (bicyclic) bond motifs is 1. The van der Waals surface area contributed by atoms with Crippen molar-refractivity contribution in [3.05, 3.63) is 75.8 Å². The Hall–Kier alpha value is -3.34. The Morgan fingerprint density at radius 2 is 1.39 bits per heavy atom. The van der Waals surface area contributed by atoms with Crippen LogP contribution in [0.5, 0.6) is 5.75 Å². The molecular weight excluding hydrogens is 384 g/mol. The molecule has 1 N–H and O–H groups in total. The number of aromatic hydroxyl groups is 1. The minimum absolute atomic E-state index is 0.184. The number of rotatable bonds is 4. The minimum Gasteiger partial charge on any atom is -0.506 e. The maximum Gasteiger partial charge on any atom is 0.143 e. The third-order valence-corrected chi connectivity index (χ3v) is 5.97. The Morgan fingerprint density at radius 1 is 0.677 bits per heavy atom. The molecule has 158 valence electrons. The van der Waals surface area contributed by atoms with Gasteiger partial charge in [-0.05, 0) is 99.4 Å². The van der Waals surface area contributed by atoms with Crippen LogP contribution in [0.3, 0.4) is 0 Å². The summed E-state index contributed by atoms with van der Waals surface area (Å²) in [5, 5.41) is 28.4. The van der Waals surface area contributed by atoms with Crippen LogP contribution >= 0.6 is 0 Å². The highest BCUT2D eigenvalue weighted by molar-refractivity contribution is 5.65. The molecule has 0 bridgehead atoms. The number of hydrogen-bond acceptors (Lipinski definition) is 5. The summed E-state index contributed by atoms with van der Waals surface area (Å²) in [7, 11) is 0. The summed E-state index contributed by atoms with van der Waals surface area (Å²) in [6.07, 6.45) is 4.26. The average Bonchev–Trinajstić information content (AvgIpc) is 2.76. The van der Waals surface area contributed by atoms with Gasteiger partial charge in [0.2, 0.25) is 0 Å². The smallest absolute Gasteiger partial charge is 0.143 e. The summed E-state index contributed by atoms with van der Waals surface area (Å²) in [5.74, 6) is 0.184. The molecular formula is C26H28N4O. The van der Waals surface area contributed by atoms with E-state index in [1.54, 1.807) is 6.07 Å². The molecule has 0 aromatic heterocycles. The van der Waals surface area contributed by atoms with Gasteiger partial charge in [0, 0.05) is 5.56 Å². The van der Waals surface area contributed by atoms with Crippen molar-refractivity contribution in [2.45, 2.75) is 53.4 Å². The fourth-order valence-corrected chi connectivity index (χ4v) is 4.03. The van der Waals surface area contributed by atoms with Crippen LogP contribution in [0.15, 0.2) is 62.9 Å². The van der Waals surface area contributed by atoms with Crippen molar-refractivity contribution < 1.29 is 5.11 Å². The SMILES string of the molecule is Cc1ccc(C)c(N=Nc2c(C)ccc(N=Nc3c(O)ccc4c3CCCC4)c2C)c1. The van der Waals surface area contributed by atoms with Crippen molar-refractivity contribution in [1.29, 1.82) is 0 Å². The zero-order chi connectivity index (χ0) is 22.0. The van der Waals surface area contributed by atoms with Gasteiger partial charge in [0.25, 0.3) is 0 Å². The van der Waals surface area contributed by atoms with Gasteiger partial charge in [-0.25, -0.2) is 0 Å². The largest absolute Gasteiger partial charge is 0.506 e. The fraction of sp³-hybridized carbons (Fsp3) is 0.308. The Labute approximate surface area is 183 Å². The van der Waals surface area contributed by atoms with Crippen LogP contribution in [-0.4, -0.2) is 5.11 Å². The maximum absolute atomic E-state index is 10.4. The van der Waals surface area contributed by atoms with Gasteiger partial charge in [-0.1, -0.05) is 24.3 Å². The first-order chi connectivity index (χ1) is 14.9. The molecule has 4 rings (SSSR count). The summed E-state index contributed by atoms with van der Waals surface area (Å²) in [5.41, 5.74) is 9.57. The van der Waals surface area contributed by atoms with Gasteiger partial charge in [0.05, 0.1) is 17.1 Å². The van der Waals surface area contributed by atoms with Gasteiger partial charge in [0.15, 0.2) is 0 Å². The predicted octanol–water partition coefficient (Wildman–Crippen LogP) is 8.34. The first-order valence-electron chi connectivity index (χ1n) is 10.8. The van der Waals surface area contributed by atoms with Crippen molar-refractivity contribution in [2.24, 2.45) is 20.5 Å². The van der Waals surface area contributed by atoms with Gasteiger partial charge in [-0.3, -0.25) is 0 Å². The van der Waals surface area contributed by atoms with Crippen LogP contribution in [0.2, 0.25) is 0 Å². The molecule has 0 fully saturated rings. The Morgan fingerprint density at radius 3 is 2.23 bits per heavy atom. The van der Waals surface area contributed by atoms with E-state index in [1.165, 1.54) is 12.0 Å². The Kier molecular flexibility index (Phi) is 5.94. The van der Waals surface area contributed by atoms with E-state index in [1.807, 2.05) is 52.0 Å². The highest BCUT2D eigenvalue weighted by Crippen LogP contribution is 2.39. The Bertz CT molecular complexity index is 1190. The van der Waals surface area contributed by atoms with E-state index in [-0.39, 0.29) is 5.75 Å². The second-order valence-electron chi connectivity index (χ2n) is 8.34. The van der Waals surface area contributed by atoms with Crippen molar-refractivity contribution in [1.82, 2.24) is 0 Å². The summed E-state index contributed by atoms with van der Waals surface area (Å²) in [6.45, 7) is 8.09.